The summed E-state index contributed by atoms with van der Waals surface area (Å²) in [5.74, 6) is -2.89. The molecule has 0 saturated heterocycles. The summed E-state index contributed by atoms with van der Waals surface area (Å²) in [4.78, 5) is 44.0. The second-order valence-corrected chi connectivity index (χ2v) is 14.2. The predicted molar refractivity (Wildman–Crippen MR) is 185 cm³/mol. The van der Waals surface area contributed by atoms with E-state index in [4.69, 9.17) is 0 Å². The summed E-state index contributed by atoms with van der Waals surface area (Å²) in [6.07, 6.45) is 0.899. The zero-order valence-corrected chi connectivity index (χ0v) is 28.6. The van der Waals surface area contributed by atoms with Crippen LogP contribution in [0.15, 0.2) is 85.2 Å². The molecule has 0 aliphatic carbocycles. The molecule has 2 aromatic carbocycles. The lowest BCUT2D eigenvalue weighted by Gasteiger charge is -2.33. The SMILES string of the molecule is CCCC(CCC)S(=O)(=O)CC(NC(=O)c1cccnc1)C(=O)NC(Cc1ccccc1)C(O)C(O)C(CC#N)NC(=O)c1ccccc1. The van der Waals surface area contributed by atoms with Crippen LogP contribution in [0.2, 0.25) is 0 Å². The van der Waals surface area contributed by atoms with Gasteiger partial charge in [0.2, 0.25) is 5.91 Å². The van der Waals surface area contributed by atoms with Crippen molar-refractivity contribution in [2.45, 2.75) is 88.0 Å². The number of aromatic nitrogens is 1. The smallest absolute Gasteiger partial charge is 0.253 e. The fraction of sp³-hybridized carbons (Fsp3) is 0.417. The third-order valence-electron chi connectivity index (χ3n) is 8.14. The Morgan fingerprint density at radius 3 is 1.94 bits per heavy atom. The number of carbonyl (C=O) groups excluding carboxylic acids is 3. The fourth-order valence-electron chi connectivity index (χ4n) is 5.52. The molecule has 12 nitrogen and oxygen atoms in total. The predicted octanol–water partition coefficient (Wildman–Crippen LogP) is 2.73. The van der Waals surface area contributed by atoms with Crippen molar-refractivity contribution in [2.75, 3.05) is 5.75 Å². The van der Waals surface area contributed by atoms with Crippen LogP contribution in [0.1, 0.15) is 72.2 Å². The van der Waals surface area contributed by atoms with E-state index in [1.807, 2.05) is 19.9 Å². The van der Waals surface area contributed by atoms with E-state index in [0.29, 0.717) is 31.2 Å². The Hall–Kier alpha value is -4.64. The van der Waals surface area contributed by atoms with Gasteiger partial charge in [0.15, 0.2) is 9.84 Å². The van der Waals surface area contributed by atoms with Crippen LogP contribution in [-0.4, -0.2) is 82.7 Å². The highest BCUT2D eigenvalue weighted by molar-refractivity contribution is 7.92. The van der Waals surface area contributed by atoms with Gasteiger partial charge in [0.25, 0.3) is 11.8 Å². The standard InChI is InChI=1S/C36H45N5O7S/c1-3-12-28(13-4-2)49(47,48)24-31(41-35(45)27-18-11-21-38-23-27)36(46)40-30(22-25-14-7-5-8-15-25)33(43)32(42)29(19-20-37)39-34(44)26-16-9-6-10-17-26/h5-11,14-18,21,23,28-33,42-43H,3-4,12-13,19,22,24H2,1-2H3,(H,39,44)(H,40,46)(H,41,45). The second-order valence-electron chi connectivity index (χ2n) is 11.9. The Bertz CT molecular complexity index is 1630. The quantitative estimate of drug-likeness (QED) is 0.125. The molecular formula is C36H45N5O7S. The molecule has 1 aromatic heterocycles. The van der Waals surface area contributed by atoms with Gasteiger partial charge < -0.3 is 26.2 Å². The maximum Gasteiger partial charge on any atom is 0.253 e. The first-order valence-corrected chi connectivity index (χ1v) is 18.1. The molecule has 0 saturated carbocycles. The lowest BCUT2D eigenvalue weighted by Crippen LogP contribution is -2.60. The van der Waals surface area contributed by atoms with Gasteiger partial charge in [-0.3, -0.25) is 19.4 Å². The third-order valence-corrected chi connectivity index (χ3v) is 10.4. The van der Waals surface area contributed by atoms with Crippen LogP contribution in [0.4, 0.5) is 0 Å². The molecule has 0 aliphatic heterocycles. The van der Waals surface area contributed by atoms with Gasteiger partial charge in [0, 0.05) is 18.0 Å². The lowest BCUT2D eigenvalue weighted by molar-refractivity contribution is -0.125. The minimum atomic E-state index is -3.90. The molecule has 3 amide bonds. The van der Waals surface area contributed by atoms with E-state index < -0.39 is 68.9 Å². The summed E-state index contributed by atoms with van der Waals surface area (Å²) in [6.45, 7) is 3.74. The molecule has 5 unspecified atom stereocenters. The van der Waals surface area contributed by atoms with Crippen molar-refractivity contribution in [3.63, 3.8) is 0 Å². The van der Waals surface area contributed by atoms with Crippen molar-refractivity contribution in [2.24, 2.45) is 0 Å². The highest BCUT2D eigenvalue weighted by Crippen LogP contribution is 2.18. The summed E-state index contributed by atoms with van der Waals surface area (Å²) >= 11 is 0. The molecule has 1 heterocycles. The van der Waals surface area contributed by atoms with Crippen LogP contribution < -0.4 is 16.0 Å². The largest absolute Gasteiger partial charge is 0.388 e. The maximum absolute atomic E-state index is 14.0. The molecule has 262 valence electrons. The Balaban J connectivity index is 1.94. The number of aliphatic hydroxyl groups is 2. The molecular weight excluding hydrogens is 646 g/mol. The molecule has 0 bridgehead atoms. The number of sulfone groups is 1. The van der Waals surface area contributed by atoms with Gasteiger partial charge in [-0.25, -0.2) is 8.42 Å². The number of carbonyl (C=O) groups is 3. The van der Waals surface area contributed by atoms with Crippen molar-refractivity contribution < 1.29 is 33.0 Å². The number of pyridine rings is 1. The van der Waals surface area contributed by atoms with Gasteiger partial charge in [0.1, 0.15) is 18.2 Å². The average molecular weight is 692 g/mol. The first-order valence-electron chi connectivity index (χ1n) is 16.4. The Morgan fingerprint density at radius 2 is 1.37 bits per heavy atom. The number of hydrogen-bond acceptors (Lipinski definition) is 9. The first kappa shape index (κ1) is 38.8. The zero-order chi connectivity index (χ0) is 35.8. The van der Waals surface area contributed by atoms with E-state index in [9.17, 15) is 38.3 Å². The van der Waals surface area contributed by atoms with E-state index in [2.05, 4.69) is 20.9 Å². The number of hydrogen-bond donors (Lipinski definition) is 5. The molecule has 49 heavy (non-hydrogen) atoms. The first-order chi connectivity index (χ1) is 23.5. The fourth-order valence-corrected chi connectivity index (χ4v) is 7.68. The van der Waals surface area contributed by atoms with E-state index >= 15 is 0 Å². The van der Waals surface area contributed by atoms with E-state index in [1.54, 1.807) is 60.7 Å². The maximum atomic E-state index is 14.0. The minimum Gasteiger partial charge on any atom is -0.388 e. The summed E-state index contributed by atoms with van der Waals surface area (Å²) in [5.41, 5.74) is 1.05. The third kappa shape index (κ3) is 11.8. The van der Waals surface area contributed by atoms with Gasteiger partial charge in [0.05, 0.1) is 41.1 Å². The topological polar surface area (TPSA) is 199 Å². The van der Waals surface area contributed by atoms with Gasteiger partial charge in [-0.2, -0.15) is 5.26 Å². The van der Waals surface area contributed by atoms with Crippen LogP contribution in [-0.2, 0) is 21.1 Å². The summed E-state index contributed by atoms with van der Waals surface area (Å²) in [7, 11) is -3.90. The van der Waals surface area contributed by atoms with Crippen molar-refractivity contribution in [3.05, 3.63) is 102 Å². The summed E-state index contributed by atoms with van der Waals surface area (Å²) in [5, 5.41) is 39.4. The van der Waals surface area contributed by atoms with E-state index in [1.165, 1.54) is 24.5 Å². The van der Waals surface area contributed by atoms with Gasteiger partial charge in [-0.05, 0) is 49.1 Å². The van der Waals surface area contributed by atoms with Crippen LogP contribution in [0, 0.1) is 11.3 Å². The molecule has 5 N–H and O–H groups in total. The van der Waals surface area contributed by atoms with E-state index in [0.717, 1.165) is 0 Å². The number of nitrogens with one attached hydrogen (secondary N) is 3. The number of nitriles is 1. The number of rotatable bonds is 19. The molecule has 0 aliphatic rings. The molecule has 3 aromatic rings. The lowest BCUT2D eigenvalue weighted by atomic mass is 9.92. The molecule has 3 rings (SSSR count). The molecule has 0 spiro atoms. The van der Waals surface area contributed by atoms with Crippen LogP contribution in [0.5, 0.6) is 0 Å². The van der Waals surface area contributed by atoms with E-state index in [-0.39, 0.29) is 24.0 Å². The molecule has 0 fully saturated rings. The number of benzene rings is 2. The minimum absolute atomic E-state index is 0.0129. The molecule has 13 heteroatoms. The molecule has 0 radical (unpaired) electrons. The van der Waals surface area contributed by atoms with Crippen molar-refractivity contribution in [3.8, 4) is 6.07 Å². The van der Waals surface area contributed by atoms with Crippen molar-refractivity contribution >= 4 is 27.6 Å². The van der Waals surface area contributed by atoms with Crippen LogP contribution >= 0.6 is 0 Å². The second kappa shape index (κ2) is 19.4. The number of aliphatic hydroxyl groups excluding tert-OH is 2. The summed E-state index contributed by atoms with van der Waals surface area (Å²) < 4.78 is 27.3. The monoisotopic (exact) mass is 691 g/mol. The van der Waals surface area contributed by atoms with Crippen LogP contribution in [0.3, 0.4) is 0 Å². The van der Waals surface area contributed by atoms with Crippen LogP contribution in [0.25, 0.3) is 0 Å². The number of amides is 3. The Kier molecular flexibility index (Phi) is 15.3. The van der Waals surface area contributed by atoms with Crippen molar-refractivity contribution in [1.29, 1.82) is 5.26 Å². The number of nitrogens with zero attached hydrogens (tertiary/aromatic N) is 2. The Labute approximate surface area is 287 Å². The van der Waals surface area contributed by atoms with Gasteiger partial charge >= 0.3 is 0 Å². The highest BCUT2D eigenvalue weighted by atomic mass is 32.2. The summed E-state index contributed by atoms with van der Waals surface area (Å²) in [6, 6.07) is 17.8. The zero-order valence-electron chi connectivity index (χ0n) is 27.7. The molecule has 5 atom stereocenters. The average Bonchev–Trinajstić information content (AvgIpc) is 3.11. The van der Waals surface area contributed by atoms with Gasteiger partial charge in [-0.15, -0.1) is 0 Å². The normalized spacial score (nSPS) is 14.4. The van der Waals surface area contributed by atoms with Crippen molar-refractivity contribution in [1.82, 2.24) is 20.9 Å². The highest BCUT2D eigenvalue weighted by Gasteiger charge is 2.37. The van der Waals surface area contributed by atoms with Gasteiger partial charge in [-0.1, -0.05) is 75.2 Å². The Morgan fingerprint density at radius 1 is 0.796 bits per heavy atom.